The van der Waals surface area contributed by atoms with Crippen molar-refractivity contribution in [2.45, 2.75) is 52.4 Å². The molecule has 0 saturated carbocycles. The number of methoxy groups -OCH3 is 1. The Morgan fingerprint density at radius 1 is 1.35 bits per heavy atom. The van der Waals surface area contributed by atoms with Crippen LogP contribution in [0.5, 0.6) is 0 Å². The Bertz CT molecular complexity index is 422. The first-order valence-electron chi connectivity index (χ1n) is 6.96. The van der Waals surface area contributed by atoms with Gasteiger partial charge in [-0.15, -0.1) is 0 Å². The number of hydrogen-bond acceptors (Lipinski definition) is 6. The first-order chi connectivity index (χ1) is 9.39. The summed E-state index contributed by atoms with van der Waals surface area (Å²) < 4.78 is 5.09. The summed E-state index contributed by atoms with van der Waals surface area (Å²) in [6, 6.07) is 1.85. The summed E-state index contributed by atoms with van der Waals surface area (Å²) in [5.41, 5.74) is -0.472. The first kappa shape index (κ1) is 16.7. The minimum absolute atomic E-state index is 0.353. The van der Waals surface area contributed by atoms with E-state index in [1.54, 1.807) is 14.0 Å². The summed E-state index contributed by atoms with van der Waals surface area (Å²) in [5, 5.41) is 16.3. The van der Waals surface area contributed by atoms with Gasteiger partial charge < -0.3 is 20.5 Å². The molecule has 0 aliphatic rings. The maximum absolute atomic E-state index is 9.78. The van der Waals surface area contributed by atoms with Gasteiger partial charge in [0, 0.05) is 19.7 Å². The second-order valence-electron chi connectivity index (χ2n) is 5.44. The highest BCUT2D eigenvalue weighted by molar-refractivity contribution is 5.49. The molecule has 0 fully saturated rings. The van der Waals surface area contributed by atoms with Crippen molar-refractivity contribution in [2.75, 3.05) is 24.3 Å². The number of ether oxygens (including phenoxy) is 1. The van der Waals surface area contributed by atoms with Gasteiger partial charge in [-0.1, -0.05) is 6.92 Å². The van der Waals surface area contributed by atoms with Crippen LogP contribution in [0.15, 0.2) is 6.07 Å². The predicted molar refractivity (Wildman–Crippen MR) is 80.9 cm³/mol. The SMILES string of the molecule is CCCNc1cc(NC(C)(C)C(C)O)nc(COC)n1. The Morgan fingerprint density at radius 3 is 2.55 bits per heavy atom. The number of aromatic nitrogens is 2. The molecule has 3 N–H and O–H groups in total. The number of hydrogen-bond donors (Lipinski definition) is 3. The van der Waals surface area contributed by atoms with Crippen LogP contribution in [0.25, 0.3) is 0 Å². The third-order valence-electron chi connectivity index (χ3n) is 3.10. The fourth-order valence-electron chi connectivity index (χ4n) is 1.53. The topological polar surface area (TPSA) is 79.3 Å². The summed E-state index contributed by atoms with van der Waals surface area (Å²) >= 11 is 0. The van der Waals surface area contributed by atoms with Crippen LogP contribution in [0.2, 0.25) is 0 Å². The number of aliphatic hydroxyl groups is 1. The van der Waals surface area contributed by atoms with Crippen LogP contribution >= 0.6 is 0 Å². The lowest BCUT2D eigenvalue weighted by Crippen LogP contribution is -2.42. The largest absolute Gasteiger partial charge is 0.391 e. The van der Waals surface area contributed by atoms with Crippen LogP contribution in [0.3, 0.4) is 0 Å². The van der Waals surface area contributed by atoms with Crippen molar-refractivity contribution >= 4 is 11.6 Å². The van der Waals surface area contributed by atoms with E-state index in [2.05, 4.69) is 27.5 Å². The van der Waals surface area contributed by atoms with E-state index < -0.39 is 11.6 Å². The van der Waals surface area contributed by atoms with Gasteiger partial charge in [0.2, 0.25) is 0 Å². The first-order valence-corrected chi connectivity index (χ1v) is 6.96. The summed E-state index contributed by atoms with van der Waals surface area (Å²) in [7, 11) is 1.61. The Kier molecular flexibility index (Phi) is 6.16. The van der Waals surface area contributed by atoms with E-state index in [0.717, 1.165) is 18.8 Å². The zero-order chi connectivity index (χ0) is 15.2. The molecular formula is C14H26N4O2. The Hall–Kier alpha value is -1.40. The molecule has 6 nitrogen and oxygen atoms in total. The molecule has 0 bridgehead atoms. The van der Waals surface area contributed by atoms with Crippen molar-refractivity contribution < 1.29 is 9.84 Å². The van der Waals surface area contributed by atoms with E-state index in [4.69, 9.17) is 4.74 Å². The fourth-order valence-corrected chi connectivity index (χ4v) is 1.53. The van der Waals surface area contributed by atoms with Gasteiger partial charge in [-0.25, -0.2) is 9.97 Å². The van der Waals surface area contributed by atoms with Crippen LogP contribution < -0.4 is 10.6 Å². The highest BCUT2D eigenvalue weighted by Gasteiger charge is 2.24. The van der Waals surface area contributed by atoms with Crippen molar-refractivity contribution in [1.29, 1.82) is 0 Å². The van der Waals surface area contributed by atoms with Crippen LogP contribution in [-0.4, -0.2) is 40.4 Å². The van der Waals surface area contributed by atoms with Crippen LogP contribution in [-0.2, 0) is 11.3 Å². The average molecular weight is 282 g/mol. The molecule has 1 aromatic heterocycles. The lowest BCUT2D eigenvalue weighted by molar-refractivity contribution is 0.133. The quantitative estimate of drug-likeness (QED) is 0.677. The molecule has 1 rings (SSSR count). The molecule has 0 saturated heterocycles. The lowest BCUT2D eigenvalue weighted by Gasteiger charge is -2.30. The summed E-state index contributed by atoms with van der Waals surface area (Å²) in [4.78, 5) is 8.79. The molecular weight excluding hydrogens is 256 g/mol. The molecule has 0 aliphatic carbocycles. The van der Waals surface area contributed by atoms with Gasteiger partial charge in [-0.3, -0.25) is 0 Å². The number of anilines is 2. The molecule has 20 heavy (non-hydrogen) atoms. The maximum Gasteiger partial charge on any atom is 0.158 e. The Morgan fingerprint density at radius 2 is 2.00 bits per heavy atom. The lowest BCUT2D eigenvalue weighted by atomic mass is 9.99. The van der Waals surface area contributed by atoms with E-state index >= 15 is 0 Å². The molecule has 114 valence electrons. The van der Waals surface area contributed by atoms with Gasteiger partial charge in [0.1, 0.15) is 18.2 Å². The molecule has 0 spiro atoms. The van der Waals surface area contributed by atoms with E-state index in [1.807, 2.05) is 19.9 Å². The van der Waals surface area contributed by atoms with Gasteiger partial charge in [0.05, 0.1) is 11.6 Å². The molecule has 1 heterocycles. The highest BCUT2D eigenvalue weighted by atomic mass is 16.5. The van der Waals surface area contributed by atoms with Gasteiger partial charge >= 0.3 is 0 Å². The Balaban J connectivity index is 2.96. The Labute approximate surface area is 121 Å². The number of aliphatic hydroxyl groups excluding tert-OH is 1. The van der Waals surface area contributed by atoms with Crippen LogP contribution in [0, 0.1) is 0 Å². The second kappa shape index (κ2) is 7.40. The zero-order valence-corrected chi connectivity index (χ0v) is 13.0. The highest BCUT2D eigenvalue weighted by Crippen LogP contribution is 2.19. The number of rotatable bonds is 8. The monoisotopic (exact) mass is 282 g/mol. The van der Waals surface area contributed by atoms with Crippen molar-refractivity contribution in [1.82, 2.24) is 9.97 Å². The van der Waals surface area contributed by atoms with Gasteiger partial charge in [0.25, 0.3) is 0 Å². The van der Waals surface area contributed by atoms with Crippen molar-refractivity contribution in [2.24, 2.45) is 0 Å². The second-order valence-corrected chi connectivity index (χ2v) is 5.44. The molecule has 1 unspecified atom stereocenters. The van der Waals surface area contributed by atoms with Gasteiger partial charge in [-0.05, 0) is 27.2 Å². The molecule has 1 aromatic rings. The van der Waals surface area contributed by atoms with Gasteiger partial charge in [0.15, 0.2) is 5.82 Å². The summed E-state index contributed by atoms with van der Waals surface area (Å²) in [6.07, 6.45) is 0.515. The summed E-state index contributed by atoms with van der Waals surface area (Å²) in [5.74, 6) is 2.05. The standard InChI is InChI=1S/C14H26N4O2/c1-6-7-15-11-8-12(17-13(16-11)9-20-5)18-14(3,4)10(2)19/h8,10,19H,6-7,9H2,1-5H3,(H2,15,16,17,18). The average Bonchev–Trinajstić information content (AvgIpc) is 2.35. The number of nitrogens with zero attached hydrogens (tertiary/aromatic N) is 2. The zero-order valence-electron chi connectivity index (χ0n) is 13.0. The fraction of sp³-hybridized carbons (Fsp3) is 0.714. The van der Waals surface area contributed by atoms with Gasteiger partial charge in [-0.2, -0.15) is 0 Å². The molecule has 0 aliphatic heterocycles. The molecule has 0 aromatic carbocycles. The maximum atomic E-state index is 9.78. The molecule has 1 atom stereocenters. The van der Waals surface area contributed by atoms with Crippen LogP contribution in [0.1, 0.15) is 39.9 Å². The van der Waals surface area contributed by atoms with E-state index in [-0.39, 0.29) is 0 Å². The minimum Gasteiger partial charge on any atom is -0.391 e. The molecule has 6 heteroatoms. The predicted octanol–water partition coefficient (Wildman–Crippen LogP) is 2.02. The van der Waals surface area contributed by atoms with Crippen molar-refractivity contribution in [3.8, 4) is 0 Å². The molecule has 0 radical (unpaired) electrons. The summed E-state index contributed by atoms with van der Waals surface area (Å²) in [6.45, 7) is 8.90. The van der Waals surface area contributed by atoms with E-state index in [0.29, 0.717) is 18.2 Å². The third-order valence-corrected chi connectivity index (χ3v) is 3.10. The van der Waals surface area contributed by atoms with Crippen molar-refractivity contribution in [3.05, 3.63) is 11.9 Å². The minimum atomic E-state index is -0.504. The van der Waals surface area contributed by atoms with E-state index in [1.165, 1.54) is 0 Å². The van der Waals surface area contributed by atoms with Crippen LogP contribution in [0.4, 0.5) is 11.6 Å². The smallest absolute Gasteiger partial charge is 0.158 e. The normalized spacial score (nSPS) is 13.1. The third kappa shape index (κ3) is 4.94. The van der Waals surface area contributed by atoms with Crippen molar-refractivity contribution in [3.63, 3.8) is 0 Å². The van der Waals surface area contributed by atoms with E-state index in [9.17, 15) is 5.11 Å². The molecule has 0 amide bonds. The number of nitrogens with one attached hydrogen (secondary N) is 2.